The number of aliphatic hydroxyl groups excluding tert-OH is 1. The van der Waals surface area contributed by atoms with Gasteiger partial charge in [0.1, 0.15) is 11.5 Å². The number of rotatable bonds is 6. The van der Waals surface area contributed by atoms with Gasteiger partial charge in [0.2, 0.25) is 0 Å². The molecule has 1 saturated heterocycles. The van der Waals surface area contributed by atoms with Crippen LogP contribution in [0.5, 0.6) is 5.75 Å². The van der Waals surface area contributed by atoms with Crippen molar-refractivity contribution in [2.45, 2.75) is 32.7 Å². The third kappa shape index (κ3) is 4.48. The number of hydrogen-bond donors (Lipinski definition) is 1. The highest BCUT2D eigenvalue weighted by molar-refractivity contribution is 6.51. The summed E-state index contributed by atoms with van der Waals surface area (Å²) in [4.78, 5) is 40.4. The van der Waals surface area contributed by atoms with Crippen molar-refractivity contribution in [3.63, 3.8) is 0 Å². The zero-order valence-electron chi connectivity index (χ0n) is 20.7. The minimum Gasteiger partial charge on any atom is -0.507 e. The number of ketones is 1. The molecule has 1 unspecified atom stereocenters. The quantitative estimate of drug-likeness (QED) is 0.220. The average molecular weight is 498 g/mol. The highest BCUT2D eigenvalue weighted by Crippen LogP contribution is 2.43. The van der Waals surface area contributed by atoms with Crippen LogP contribution in [0.4, 0.5) is 5.69 Å². The van der Waals surface area contributed by atoms with E-state index in [1.165, 1.54) is 4.90 Å². The smallest absolute Gasteiger partial charge is 0.338 e. The van der Waals surface area contributed by atoms with E-state index in [4.69, 9.17) is 9.47 Å². The fraction of sp³-hybridized carbons (Fsp3) is 0.233. The van der Waals surface area contributed by atoms with Crippen molar-refractivity contribution in [2.24, 2.45) is 0 Å². The van der Waals surface area contributed by atoms with Crippen molar-refractivity contribution in [3.05, 3.63) is 100 Å². The lowest BCUT2D eigenvalue weighted by Gasteiger charge is -2.26. The number of aryl methyl sites for hydroxylation is 1. The van der Waals surface area contributed by atoms with Gasteiger partial charge in [-0.05, 0) is 66.9 Å². The predicted molar refractivity (Wildman–Crippen MR) is 139 cm³/mol. The number of Topliss-reactive ketones (excluding diaryl/α,β-unsaturated/α-hetero) is 1. The number of fused-ring (bicyclic) bond motifs is 1. The molecule has 0 saturated carbocycles. The predicted octanol–water partition coefficient (Wildman–Crippen LogP) is 5.12. The van der Waals surface area contributed by atoms with Crippen LogP contribution in [0.1, 0.15) is 52.0 Å². The Kier molecular flexibility index (Phi) is 6.53. The molecule has 0 aromatic heterocycles. The van der Waals surface area contributed by atoms with Crippen LogP contribution in [0, 0.1) is 6.92 Å². The third-order valence-corrected chi connectivity index (χ3v) is 6.58. The largest absolute Gasteiger partial charge is 0.507 e. The summed E-state index contributed by atoms with van der Waals surface area (Å²) in [5.41, 5.74) is 3.83. The van der Waals surface area contributed by atoms with Gasteiger partial charge in [0.15, 0.2) is 0 Å². The summed E-state index contributed by atoms with van der Waals surface area (Å²) in [6, 6.07) is 18.3. The number of carbonyl (C=O) groups is 3. The number of esters is 1. The van der Waals surface area contributed by atoms with Gasteiger partial charge in [-0.3, -0.25) is 14.5 Å². The summed E-state index contributed by atoms with van der Waals surface area (Å²) < 4.78 is 10.8. The Labute approximate surface area is 214 Å². The second-order valence-corrected chi connectivity index (χ2v) is 9.19. The van der Waals surface area contributed by atoms with Gasteiger partial charge in [0, 0.05) is 17.7 Å². The standard InChI is InChI=1S/C30H27NO6/c1-3-14-37-30(35)19-7-10-23(11-8-19)31-26(21-6-4-5-18(2)16-21)25(28(33)29(31)34)27(32)22-9-12-24-20(17-22)13-15-36-24/h4-12,16-17,26,32H,3,13-15H2,1-2H3/b27-25-. The van der Waals surface area contributed by atoms with E-state index in [2.05, 4.69) is 0 Å². The van der Waals surface area contributed by atoms with Gasteiger partial charge in [-0.15, -0.1) is 0 Å². The number of benzene rings is 3. The van der Waals surface area contributed by atoms with Crippen LogP contribution in [0.2, 0.25) is 0 Å². The summed E-state index contributed by atoms with van der Waals surface area (Å²) in [7, 11) is 0. The molecular formula is C30H27NO6. The van der Waals surface area contributed by atoms with E-state index in [-0.39, 0.29) is 11.3 Å². The van der Waals surface area contributed by atoms with Gasteiger partial charge in [-0.1, -0.05) is 36.8 Å². The number of ether oxygens (including phenoxy) is 2. The molecule has 2 heterocycles. The van der Waals surface area contributed by atoms with Gasteiger partial charge < -0.3 is 14.6 Å². The second-order valence-electron chi connectivity index (χ2n) is 9.19. The third-order valence-electron chi connectivity index (χ3n) is 6.58. The molecule has 37 heavy (non-hydrogen) atoms. The van der Waals surface area contributed by atoms with Gasteiger partial charge in [0.25, 0.3) is 11.7 Å². The molecule has 2 aliphatic heterocycles. The SMILES string of the molecule is CCCOC(=O)c1ccc(N2C(=O)C(=O)/C(=C(\O)c3ccc4c(c3)CCO4)C2c2cccc(C)c2)cc1. The van der Waals surface area contributed by atoms with Gasteiger partial charge in [-0.2, -0.15) is 0 Å². The Morgan fingerprint density at radius 1 is 1.05 bits per heavy atom. The first-order chi connectivity index (χ1) is 17.9. The fourth-order valence-electron chi connectivity index (χ4n) is 4.78. The van der Waals surface area contributed by atoms with Crippen LogP contribution in [0.3, 0.4) is 0 Å². The second kappa shape index (κ2) is 9.93. The summed E-state index contributed by atoms with van der Waals surface area (Å²) >= 11 is 0. The topological polar surface area (TPSA) is 93.1 Å². The summed E-state index contributed by atoms with van der Waals surface area (Å²) in [5.74, 6) is -1.45. The van der Waals surface area contributed by atoms with Gasteiger partial charge in [-0.25, -0.2) is 4.79 Å². The van der Waals surface area contributed by atoms with E-state index < -0.39 is 23.7 Å². The van der Waals surface area contributed by atoms with Crippen LogP contribution in [-0.2, 0) is 20.7 Å². The molecule has 1 amide bonds. The molecule has 188 valence electrons. The first-order valence-electron chi connectivity index (χ1n) is 12.3. The Bertz CT molecular complexity index is 1420. The van der Waals surface area contributed by atoms with Crippen LogP contribution >= 0.6 is 0 Å². The fourth-order valence-corrected chi connectivity index (χ4v) is 4.78. The Balaban J connectivity index is 1.61. The molecule has 0 aliphatic carbocycles. The minimum absolute atomic E-state index is 0.0147. The minimum atomic E-state index is -0.845. The van der Waals surface area contributed by atoms with Gasteiger partial charge >= 0.3 is 5.97 Å². The van der Waals surface area contributed by atoms with Crippen molar-refractivity contribution < 1.29 is 29.0 Å². The Morgan fingerprint density at radius 2 is 1.81 bits per heavy atom. The Hall–Kier alpha value is -4.39. The molecule has 0 bridgehead atoms. The van der Waals surface area contributed by atoms with Crippen LogP contribution in [0.15, 0.2) is 72.3 Å². The van der Waals surface area contributed by atoms with E-state index >= 15 is 0 Å². The lowest BCUT2D eigenvalue weighted by Crippen LogP contribution is -2.29. The maximum atomic E-state index is 13.4. The maximum absolute atomic E-state index is 13.4. The number of carbonyl (C=O) groups excluding carboxylic acids is 3. The zero-order valence-corrected chi connectivity index (χ0v) is 20.7. The van der Waals surface area contributed by atoms with Crippen LogP contribution in [0.25, 0.3) is 5.76 Å². The van der Waals surface area contributed by atoms with Crippen LogP contribution in [-0.4, -0.2) is 36.0 Å². The number of hydrogen-bond acceptors (Lipinski definition) is 6. The van der Waals surface area contributed by atoms with E-state index in [1.807, 2.05) is 38.1 Å². The summed E-state index contributed by atoms with van der Waals surface area (Å²) in [6.45, 7) is 4.72. The monoisotopic (exact) mass is 497 g/mol. The number of amides is 1. The maximum Gasteiger partial charge on any atom is 0.338 e. The molecule has 7 nitrogen and oxygen atoms in total. The van der Waals surface area contributed by atoms with Crippen molar-refractivity contribution in [3.8, 4) is 5.75 Å². The van der Waals surface area contributed by atoms with E-state index in [9.17, 15) is 19.5 Å². The van der Waals surface area contributed by atoms with Crippen molar-refractivity contribution in [1.82, 2.24) is 0 Å². The first-order valence-corrected chi connectivity index (χ1v) is 12.3. The molecular weight excluding hydrogens is 470 g/mol. The molecule has 2 aliphatic rings. The lowest BCUT2D eigenvalue weighted by atomic mass is 9.93. The molecule has 1 fully saturated rings. The molecule has 3 aromatic carbocycles. The van der Waals surface area contributed by atoms with Crippen molar-refractivity contribution >= 4 is 29.1 Å². The Morgan fingerprint density at radius 3 is 2.54 bits per heavy atom. The van der Waals surface area contributed by atoms with Gasteiger partial charge in [0.05, 0.1) is 30.4 Å². The first kappa shape index (κ1) is 24.3. The number of aliphatic hydroxyl groups is 1. The van der Waals surface area contributed by atoms with E-state index in [0.29, 0.717) is 48.4 Å². The van der Waals surface area contributed by atoms with Crippen molar-refractivity contribution in [1.29, 1.82) is 0 Å². The molecule has 1 atom stereocenters. The molecule has 1 N–H and O–H groups in total. The number of nitrogens with zero attached hydrogens (tertiary/aromatic N) is 1. The van der Waals surface area contributed by atoms with Crippen LogP contribution < -0.4 is 9.64 Å². The highest BCUT2D eigenvalue weighted by atomic mass is 16.5. The molecule has 3 aromatic rings. The van der Waals surface area contributed by atoms with E-state index in [1.54, 1.807) is 42.5 Å². The highest BCUT2D eigenvalue weighted by Gasteiger charge is 2.47. The summed E-state index contributed by atoms with van der Waals surface area (Å²) in [6.07, 6.45) is 1.42. The zero-order chi connectivity index (χ0) is 26.1. The molecule has 0 spiro atoms. The number of anilines is 1. The summed E-state index contributed by atoms with van der Waals surface area (Å²) in [5, 5.41) is 11.4. The van der Waals surface area contributed by atoms with Crippen molar-refractivity contribution in [2.75, 3.05) is 18.1 Å². The van der Waals surface area contributed by atoms with E-state index in [0.717, 1.165) is 16.9 Å². The molecule has 7 heteroatoms. The molecule has 5 rings (SSSR count). The normalized spacial score (nSPS) is 18.0. The molecule has 0 radical (unpaired) electrons. The lowest BCUT2D eigenvalue weighted by molar-refractivity contribution is -0.132. The average Bonchev–Trinajstić information content (AvgIpc) is 3.48.